The highest BCUT2D eigenvalue weighted by molar-refractivity contribution is 7.99. The first-order chi connectivity index (χ1) is 14.1. The van der Waals surface area contributed by atoms with Crippen molar-refractivity contribution in [3.63, 3.8) is 0 Å². The smallest absolute Gasteiger partial charge is 0.274 e. The number of rotatable bonds is 3. The number of hydrogen-bond acceptors (Lipinski definition) is 5. The Hall–Kier alpha value is -2.65. The summed E-state index contributed by atoms with van der Waals surface area (Å²) in [6.07, 6.45) is 3.17. The van der Waals surface area contributed by atoms with Gasteiger partial charge in [-0.1, -0.05) is 11.6 Å². The average molecular weight is 450 g/mol. The van der Waals surface area contributed by atoms with Gasteiger partial charge in [-0.2, -0.15) is 0 Å². The highest BCUT2D eigenvalue weighted by Gasteiger charge is 2.54. The Morgan fingerprint density at radius 1 is 1.43 bits per heavy atom. The van der Waals surface area contributed by atoms with Crippen LogP contribution >= 0.6 is 11.6 Å². The maximum Gasteiger partial charge on any atom is 0.274 e. The lowest BCUT2D eigenvalue weighted by Gasteiger charge is -2.42. The molecule has 1 amide bonds. The van der Waals surface area contributed by atoms with Crippen molar-refractivity contribution >= 4 is 44.7 Å². The molecule has 0 saturated heterocycles. The van der Waals surface area contributed by atoms with Gasteiger partial charge in [0.05, 0.1) is 20.0 Å². The molecule has 2 heterocycles. The number of nitrogens with two attached hydrogens (primary N) is 1. The van der Waals surface area contributed by atoms with E-state index in [-0.39, 0.29) is 17.2 Å². The van der Waals surface area contributed by atoms with E-state index in [2.05, 4.69) is 21.2 Å². The first-order valence-corrected chi connectivity index (χ1v) is 11.5. The monoisotopic (exact) mass is 449 g/mol. The summed E-state index contributed by atoms with van der Waals surface area (Å²) in [5.74, 6) is 3.01. The number of guanidine groups is 1. The zero-order chi connectivity index (χ0) is 21.7. The fraction of sp³-hybridized carbons (Fsp3) is 0.300. The third-order valence-electron chi connectivity index (χ3n) is 5.75. The second-order valence-corrected chi connectivity index (χ2v) is 10.4. The molecule has 0 bridgehead atoms. The Labute approximate surface area is 179 Å². The fourth-order valence-electron chi connectivity index (χ4n) is 4.21. The van der Waals surface area contributed by atoms with Crippen LogP contribution in [0, 0.1) is 5.82 Å². The van der Waals surface area contributed by atoms with Gasteiger partial charge in [0.25, 0.3) is 5.91 Å². The molecule has 1 fully saturated rings. The van der Waals surface area contributed by atoms with Gasteiger partial charge in [-0.15, -0.1) is 0 Å². The molecule has 1 aromatic heterocycles. The van der Waals surface area contributed by atoms with Crippen LogP contribution in [0.3, 0.4) is 0 Å². The summed E-state index contributed by atoms with van der Waals surface area (Å²) in [4.78, 5) is 21.1. The number of halogens is 2. The number of nitrogens with one attached hydrogen (secondary N) is 1. The van der Waals surface area contributed by atoms with Gasteiger partial charge < -0.3 is 11.1 Å². The summed E-state index contributed by atoms with van der Waals surface area (Å²) in [5.41, 5.74) is 5.74. The Morgan fingerprint density at radius 3 is 2.90 bits per heavy atom. The van der Waals surface area contributed by atoms with Gasteiger partial charge in [0.2, 0.25) is 5.96 Å². The lowest BCUT2D eigenvalue weighted by atomic mass is 9.87. The van der Waals surface area contributed by atoms with E-state index in [1.807, 2.05) is 0 Å². The third-order valence-corrected chi connectivity index (χ3v) is 8.60. The zero-order valence-electron chi connectivity index (χ0n) is 16.3. The van der Waals surface area contributed by atoms with Crippen LogP contribution in [0.2, 0.25) is 5.02 Å². The minimum Gasteiger partial charge on any atom is -0.369 e. The van der Waals surface area contributed by atoms with Gasteiger partial charge >= 0.3 is 0 Å². The largest absolute Gasteiger partial charge is 0.369 e. The third kappa shape index (κ3) is 3.22. The first kappa shape index (κ1) is 20.6. The summed E-state index contributed by atoms with van der Waals surface area (Å²) in [7, 11) is -1.21. The van der Waals surface area contributed by atoms with E-state index in [0.717, 1.165) is 0 Å². The molecular formula is C20H21ClFN5O2S. The topological polar surface area (TPSA) is 101 Å². The number of carbonyl (C=O) groups excluding carboxylic acids is 1. The van der Waals surface area contributed by atoms with Crippen molar-refractivity contribution in [3.05, 3.63) is 58.6 Å². The normalized spacial score (nSPS) is 28.0. The van der Waals surface area contributed by atoms with Crippen LogP contribution in [0.15, 0.2) is 41.5 Å². The molecule has 2 unspecified atom stereocenters. The number of benzene rings is 1. The quantitative estimate of drug-likeness (QED) is 0.703. The predicted molar refractivity (Wildman–Crippen MR) is 118 cm³/mol. The highest BCUT2D eigenvalue weighted by atomic mass is 35.5. The van der Waals surface area contributed by atoms with Gasteiger partial charge in [-0.3, -0.25) is 9.10 Å². The second kappa shape index (κ2) is 7.24. The molecule has 0 spiro atoms. The summed E-state index contributed by atoms with van der Waals surface area (Å²) >= 11 is 5.81. The number of carbonyl (C=O) groups is 1. The van der Waals surface area contributed by atoms with Crippen LogP contribution in [0.25, 0.3) is 0 Å². The molecule has 7 nitrogen and oxygen atoms in total. The van der Waals surface area contributed by atoms with Crippen LogP contribution in [0.1, 0.15) is 35.3 Å². The molecular weight excluding hydrogens is 429 g/mol. The Kier molecular flexibility index (Phi) is 4.98. The highest BCUT2D eigenvalue weighted by Crippen LogP contribution is 2.49. The summed E-state index contributed by atoms with van der Waals surface area (Å²) in [6.45, 7) is 0. The van der Waals surface area contributed by atoms with E-state index in [4.69, 9.17) is 17.3 Å². The van der Waals surface area contributed by atoms with Crippen LogP contribution in [-0.2, 0) is 15.2 Å². The molecule has 10 heteroatoms. The van der Waals surface area contributed by atoms with Crippen LogP contribution in [-0.4, -0.2) is 43.5 Å². The Morgan fingerprint density at radius 2 is 2.20 bits per heavy atom. The Balaban J connectivity index is 1.75. The van der Waals surface area contributed by atoms with E-state index in [1.165, 1.54) is 34.8 Å². The van der Waals surface area contributed by atoms with Crippen molar-refractivity contribution in [3.8, 4) is 0 Å². The lowest BCUT2D eigenvalue weighted by Crippen LogP contribution is -2.55. The summed E-state index contributed by atoms with van der Waals surface area (Å²) in [5, 5.41) is 2.64. The number of amides is 1. The van der Waals surface area contributed by atoms with Gasteiger partial charge in [0.1, 0.15) is 17.1 Å². The molecule has 1 saturated carbocycles. The van der Waals surface area contributed by atoms with Crippen molar-refractivity contribution in [2.45, 2.75) is 30.1 Å². The van der Waals surface area contributed by atoms with Gasteiger partial charge in [-0.05, 0) is 55.5 Å². The lowest BCUT2D eigenvalue weighted by molar-refractivity contribution is 0.102. The number of anilines is 1. The van der Waals surface area contributed by atoms with E-state index >= 15 is 0 Å². The van der Waals surface area contributed by atoms with Crippen molar-refractivity contribution in [2.24, 2.45) is 10.7 Å². The zero-order valence-corrected chi connectivity index (χ0v) is 17.8. The van der Waals surface area contributed by atoms with E-state index < -0.39 is 32.2 Å². The number of aliphatic imine (C=N–C) groups is 1. The van der Waals surface area contributed by atoms with Crippen molar-refractivity contribution in [1.29, 1.82) is 0 Å². The van der Waals surface area contributed by atoms with Crippen LogP contribution < -0.4 is 11.1 Å². The van der Waals surface area contributed by atoms with Gasteiger partial charge in [0, 0.05) is 24.5 Å². The van der Waals surface area contributed by atoms with Crippen molar-refractivity contribution in [1.82, 2.24) is 9.29 Å². The molecule has 4 rings (SSSR count). The molecule has 2 aliphatic rings. The molecule has 30 heavy (non-hydrogen) atoms. The number of fused-ring (bicyclic) bond motifs is 1. The number of hydrogen-bond donors (Lipinski definition) is 2. The molecule has 3 N–H and O–H groups in total. The molecule has 1 aliphatic heterocycles. The van der Waals surface area contributed by atoms with Gasteiger partial charge in [-0.25, -0.2) is 18.6 Å². The van der Waals surface area contributed by atoms with Gasteiger partial charge in [0.15, 0.2) is 0 Å². The average Bonchev–Trinajstić information content (AvgIpc) is 3.14. The second-order valence-electron chi connectivity index (χ2n) is 7.47. The molecule has 1 aliphatic carbocycles. The Bertz CT molecular complexity index is 1150. The van der Waals surface area contributed by atoms with E-state index in [1.54, 1.807) is 13.1 Å². The number of nitrogens with zero attached hydrogens (tertiary/aromatic N) is 3. The minimum absolute atomic E-state index is 0.0624. The minimum atomic E-state index is -2.79. The fourth-order valence-corrected chi connectivity index (χ4v) is 6.50. The molecule has 0 radical (unpaired) electrons. The molecule has 2 aromatic rings. The molecule has 158 valence electrons. The van der Waals surface area contributed by atoms with Crippen molar-refractivity contribution in [2.75, 3.05) is 12.4 Å². The molecule has 1 aromatic carbocycles. The maximum atomic E-state index is 15.0. The van der Waals surface area contributed by atoms with Crippen LogP contribution in [0.5, 0.6) is 0 Å². The van der Waals surface area contributed by atoms with Crippen LogP contribution in [0.4, 0.5) is 10.1 Å². The predicted octanol–water partition coefficient (Wildman–Crippen LogP) is 2.77. The number of pyridine rings is 1. The summed E-state index contributed by atoms with van der Waals surface area (Å²) in [6, 6.07) is 7.30. The first-order valence-electron chi connectivity index (χ1n) is 9.33. The standard InChI is InChI=1S/C20H21ClFN5O2S/c1-27-19(23)26-20(9-3-4-17(20)30(27,2)29)14-10-13(6-7-15(14)22)25-18(28)16-8-5-12(21)11-24-16/h5-8,10-11,17H,2-4,9H2,1H3,(H2,23,26)(H,25,28)/t17?,20-,30?/m1/s1. The molecule has 3 atom stereocenters. The summed E-state index contributed by atoms with van der Waals surface area (Å²) < 4.78 is 29.7. The van der Waals surface area contributed by atoms with E-state index in [0.29, 0.717) is 30.0 Å². The van der Waals surface area contributed by atoms with E-state index in [9.17, 15) is 13.4 Å². The van der Waals surface area contributed by atoms with Crippen molar-refractivity contribution < 1.29 is 13.4 Å². The maximum absolute atomic E-state index is 15.0. The number of aromatic nitrogens is 1. The SMILES string of the molecule is C=S1(=O)C2CCC[C@]2(c2cc(NC(=O)c3ccc(Cl)cn3)ccc2F)N=C(N)N1C.